The van der Waals surface area contributed by atoms with Crippen molar-refractivity contribution in [3.8, 4) is 6.19 Å². The second-order valence-corrected chi connectivity index (χ2v) is 1.10. The lowest BCUT2D eigenvalue weighted by Crippen LogP contribution is -2.36. The molecule has 2 atom stereocenters. The Kier molecular flexibility index (Phi) is 2.80. The zero-order chi connectivity index (χ0) is 6.57. The summed E-state index contributed by atoms with van der Waals surface area (Å²) < 4.78 is 23.2. The van der Waals surface area contributed by atoms with E-state index in [-0.39, 0.29) is 0 Å². The number of hydrogen-bond acceptors (Lipinski definition) is 3. The molecule has 0 bridgehead atoms. The molecule has 0 aliphatic rings. The maximum Gasteiger partial charge on any atom is 0.222 e. The molecule has 8 heavy (non-hydrogen) atoms. The molecule has 0 aromatic carbocycles. The van der Waals surface area contributed by atoms with Crippen molar-refractivity contribution in [3.05, 3.63) is 0 Å². The van der Waals surface area contributed by atoms with Gasteiger partial charge in [-0.25, -0.2) is 8.78 Å². The minimum Gasteiger partial charge on any atom is -0.298 e. The molecule has 0 aliphatic carbocycles. The third kappa shape index (κ3) is 2.31. The smallest absolute Gasteiger partial charge is 0.222 e. The lowest BCUT2D eigenvalue weighted by Gasteiger charge is -2.03. The monoisotopic (exact) mass is 121 g/mol. The SMILES string of the molecule is N#CNC(F)C(N)F. The van der Waals surface area contributed by atoms with E-state index in [1.165, 1.54) is 11.5 Å². The van der Waals surface area contributed by atoms with Crippen LogP contribution in [-0.4, -0.2) is 12.6 Å². The van der Waals surface area contributed by atoms with Gasteiger partial charge in [-0.3, -0.25) is 11.1 Å². The van der Waals surface area contributed by atoms with Crippen molar-refractivity contribution in [2.75, 3.05) is 0 Å². The Morgan fingerprint density at radius 1 is 1.62 bits per heavy atom. The van der Waals surface area contributed by atoms with Crippen LogP contribution < -0.4 is 11.1 Å². The van der Waals surface area contributed by atoms with E-state index in [1.54, 1.807) is 0 Å². The number of nitriles is 1. The predicted octanol–water partition coefficient (Wildman–Crippen LogP) is -0.393. The summed E-state index contributed by atoms with van der Waals surface area (Å²) in [6.07, 6.45) is -3.01. The van der Waals surface area contributed by atoms with Crippen molar-refractivity contribution in [2.24, 2.45) is 5.73 Å². The number of nitrogens with two attached hydrogens (primary N) is 1. The molecule has 0 spiro atoms. The van der Waals surface area contributed by atoms with Gasteiger partial charge >= 0.3 is 0 Å². The third-order valence-electron chi connectivity index (χ3n) is 0.482. The highest BCUT2D eigenvalue weighted by molar-refractivity contribution is 4.70. The molecule has 46 valence electrons. The second kappa shape index (κ2) is 3.16. The molecule has 0 rings (SSSR count). The Morgan fingerprint density at radius 3 is 2.25 bits per heavy atom. The van der Waals surface area contributed by atoms with Gasteiger partial charge in [-0.1, -0.05) is 0 Å². The van der Waals surface area contributed by atoms with Gasteiger partial charge in [-0.05, 0) is 0 Å². The quantitative estimate of drug-likeness (QED) is 0.297. The number of rotatable bonds is 2. The molecule has 3 nitrogen and oxygen atoms in total. The fraction of sp³-hybridized carbons (Fsp3) is 0.667. The molecule has 3 N–H and O–H groups in total. The first-order valence-corrected chi connectivity index (χ1v) is 1.87. The minimum atomic E-state index is -2.13. The van der Waals surface area contributed by atoms with E-state index in [1.807, 2.05) is 0 Å². The highest BCUT2D eigenvalue weighted by atomic mass is 19.2. The van der Waals surface area contributed by atoms with Crippen LogP contribution in [0.2, 0.25) is 0 Å². The van der Waals surface area contributed by atoms with E-state index in [0.717, 1.165) is 0 Å². The van der Waals surface area contributed by atoms with Crippen LogP contribution in [0.15, 0.2) is 0 Å². The zero-order valence-corrected chi connectivity index (χ0v) is 3.94. The van der Waals surface area contributed by atoms with Crippen molar-refractivity contribution in [3.63, 3.8) is 0 Å². The normalized spacial score (nSPS) is 16.2. The zero-order valence-electron chi connectivity index (χ0n) is 3.94. The molecule has 0 fully saturated rings. The molecule has 0 saturated heterocycles. The first-order chi connectivity index (χ1) is 3.68. The Hall–Kier alpha value is -0.890. The van der Waals surface area contributed by atoms with E-state index in [4.69, 9.17) is 5.26 Å². The average Bonchev–Trinajstić information content (AvgIpc) is 1.67. The highest BCUT2D eigenvalue weighted by Gasteiger charge is 2.12. The van der Waals surface area contributed by atoms with Gasteiger partial charge in [-0.15, -0.1) is 0 Å². The summed E-state index contributed by atoms with van der Waals surface area (Å²) in [5, 5.41) is 9.15. The molecular weight excluding hydrogens is 116 g/mol. The van der Waals surface area contributed by atoms with Gasteiger partial charge in [-0.2, -0.15) is 5.26 Å². The van der Waals surface area contributed by atoms with Crippen LogP contribution in [0.5, 0.6) is 0 Å². The van der Waals surface area contributed by atoms with Gasteiger partial charge in [0.2, 0.25) is 6.30 Å². The lowest BCUT2D eigenvalue weighted by molar-refractivity contribution is 0.156. The van der Waals surface area contributed by atoms with Crippen LogP contribution in [0.4, 0.5) is 8.78 Å². The maximum atomic E-state index is 11.7. The number of hydrogen-bond donors (Lipinski definition) is 2. The standard InChI is InChI=1S/C3H5F2N3/c4-2(7)3(5)8-1-6/h2-3,8H,7H2. The summed E-state index contributed by atoms with van der Waals surface area (Å²) in [6.45, 7) is 0. The van der Waals surface area contributed by atoms with Gasteiger partial charge < -0.3 is 0 Å². The summed E-state index contributed by atoms with van der Waals surface area (Å²) in [7, 11) is 0. The van der Waals surface area contributed by atoms with E-state index in [2.05, 4.69) is 5.73 Å². The van der Waals surface area contributed by atoms with Crippen molar-refractivity contribution >= 4 is 0 Å². The summed E-state index contributed by atoms with van der Waals surface area (Å²) >= 11 is 0. The van der Waals surface area contributed by atoms with Crippen molar-refractivity contribution in [1.82, 2.24) is 5.32 Å². The van der Waals surface area contributed by atoms with Crippen molar-refractivity contribution < 1.29 is 8.78 Å². The predicted molar refractivity (Wildman–Crippen MR) is 22.7 cm³/mol. The second-order valence-electron chi connectivity index (χ2n) is 1.10. The summed E-state index contributed by atoms with van der Waals surface area (Å²) in [4.78, 5) is 0. The Morgan fingerprint density at radius 2 is 2.12 bits per heavy atom. The van der Waals surface area contributed by atoms with E-state index in [9.17, 15) is 8.78 Å². The minimum absolute atomic E-state index is 1.20. The summed E-state index contributed by atoms with van der Waals surface area (Å²) in [6, 6.07) is 0. The van der Waals surface area contributed by atoms with Gasteiger partial charge in [0.25, 0.3) is 0 Å². The molecule has 0 heterocycles. The first kappa shape index (κ1) is 7.11. The third-order valence-corrected chi connectivity index (χ3v) is 0.482. The van der Waals surface area contributed by atoms with Gasteiger partial charge in [0, 0.05) is 0 Å². The van der Waals surface area contributed by atoms with Crippen LogP contribution in [0.1, 0.15) is 0 Å². The van der Waals surface area contributed by atoms with Crippen LogP contribution in [0.25, 0.3) is 0 Å². The van der Waals surface area contributed by atoms with E-state index < -0.39 is 12.6 Å². The van der Waals surface area contributed by atoms with Gasteiger partial charge in [0.05, 0.1) is 0 Å². The molecular formula is C3H5F2N3. The Balaban J connectivity index is 3.35. The van der Waals surface area contributed by atoms with Crippen LogP contribution >= 0.6 is 0 Å². The Bertz CT molecular complexity index is 97.2. The molecule has 5 heteroatoms. The maximum absolute atomic E-state index is 11.7. The summed E-state index contributed by atoms with van der Waals surface area (Å²) in [5.41, 5.74) is 4.37. The average molecular weight is 121 g/mol. The number of halogens is 2. The highest BCUT2D eigenvalue weighted by Crippen LogP contribution is 1.90. The largest absolute Gasteiger partial charge is 0.298 e. The van der Waals surface area contributed by atoms with Crippen LogP contribution in [-0.2, 0) is 0 Å². The molecule has 0 aromatic rings. The molecule has 0 saturated carbocycles. The van der Waals surface area contributed by atoms with Crippen LogP contribution in [0, 0.1) is 11.5 Å². The number of nitrogens with zero attached hydrogens (tertiary/aromatic N) is 1. The van der Waals surface area contributed by atoms with Crippen molar-refractivity contribution in [2.45, 2.75) is 12.6 Å². The van der Waals surface area contributed by atoms with E-state index in [0.29, 0.717) is 0 Å². The molecule has 2 unspecified atom stereocenters. The van der Waals surface area contributed by atoms with Crippen LogP contribution in [0.3, 0.4) is 0 Å². The number of nitrogens with one attached hydrogen (secondary N) is 1. The lowest BCUT2D eigenvalue weighted by atomic mass is 10.6. The fourth-order valence-electron chi connectivity index (χ4n) is 0.141. The van der Waals surface area contributed by atoms with Gasteiger partial charge in [0.15, 0.2) is 12.5 Å². The van der Waals surface area contributed by atoms with Crippen molar-refractivity contribution in [1.29, 1.82) is 5.26 Å². The molecule has 0 aromatic heterocycles. The molecule has 0 amide bonds. The molecule has 0 aliphatic heterocycles. The topological polar surface area (TPSA) is 61.8 Å². The number of alkyl halides is 2. The fourth-order valence-corrected chi connectivity index (χ4v) is 0.141. The molecule has 0 radical (unpaired) electrons. The summed E-state index contributed by atoms with van der Waals surface area (Å²) in [5.74, 6) is 0. The van der Waals surface area contributed by atoms with E-state index >= 15 is 0 Å². The Labute approximate surface area is 45.1 Å². The van der Waals surface area contributed by atoms with Gasteiger partial charge in [0.1, 0.15) is 0 Å². The first-order valence-electron chi connectivity index (χ1n) is 1.87.